The third-order valence-electron chi connectivity index (χ3n) is 4.03. The molecule has 2 aromatic heterocycles. The molecule has 0 aliphatic carbocycles. The van der Waals surface area contributed by atoms with Crippen LogP contribution in [0, 0.1) is 0 Å². The number of carbonyl (C=O) groups excluding carboxylic acids is 1. The maximum atomic E-state index is 12.8. The first kappa shape index (κ1) is 18.6. The van der Waals surface area contributed by atoms with E-state index >= 15 is 0 Å². The van der Waals surface area contributed by atoms with Crippen molar-refractivity contribution in [3.63, 3.8) is 0 Å². The molecule has 0 unspecified atom stereocenters. The Bertz CT molecular complexity index is 878. The number of piperazine rings is 1. The van der Waals surface area contributed by atoms with Crippen LogP contribution < -0.4 is 22.1 Å². The second kappa shape index (κ2) is 8.04. The summed E-state index contributed by atoms with van der Waals surface area (Å²) in [5.41, 5.74) is 12.9. The summed E-state index contributed by atoms with van der Waals surface area (Å²) in [4.78, 5) is 30.2. The molecule has 1 saturated heterocycles. The molecular weight excluding hydrogens is 346 g/mol. The van der Waals surface area contributed by atoms with Crippen molar-refractivity contribution in [1.29, 1.82) is 0 Å². The van der Waals surface area contributed by atoms with Crippen molar-refractivity contribution < 1.29 is 4.79 Å². The largest absolute Gasteiger partial charge is 0.384 e. The number of nitrogens with zero attached hydrogens (tertiary/aromatic N) is 4. The molecule has 0 radical (unpaired) electrons. The van der Waals surface area contributed by atoms with E-state index in [1.54, 1.807) is 17.2 Å². The van der Waals surface area contributed by atoms with E-state index < -0.39 is 0 Å². The van der Waals surface area contributed by atoms with Gasteiger partial charge in [0.05, 0.1) is 5.39 Å². The topological polar surface area (TPSA) is 150 Å². The van der Waals surface area contributed by atoms with Gasteiger partial charge in [0.25, 0.3) is 11.9 Å². The van der Waals surface area contributed by atoms with Crippen LogP contribution in [0.5, 0.6) is 0 Å². The van der Waals surface area contributed by atoms with Crippen molar-refractivity contribution in [2.24, 2.45) is 10.7 Å². The molecule has 2 aromatic rings. The minimum atomic E-state index is -0.108. The highest BCUT2D eigenvalue weighted by molar-refractivity contribution is 6.02. The summed E-state index contributed by atoms with van der Waals surface area (Å²) in [7, 11) is 0. The number of nitrogens with two attached hydrogens (primary N) is 2. The van der Waals surface area contributed by atoms with Crippen LogP contribution >= 0.6 is 0 Å². The number of nitrogens with one attached hydrogen (secondary N) is 3. The fourth-order valence-corrected chi connectivity index (χ4v) is 2.81. The molecule has 0 bridgehead atoms. The van der Waals surface area contributed by atoms with E-state index in [-0.39, 0.29) is 23.7 Å². The van der Waals surface area contributed by atoms with E-state index in [0.717, 1.165) is 18.5 Å². The quantitative estimate of drug-likeness (QED) is 0.278. The van der Waals surface area contributed by atoms with E-state index in [1.807, 2.05) is 13.8 Å². The highest BCUT2D eigenvalue weighted by atomic mass is 16.2. The summed E-state index contributed by atoms with van der Waals surface area (Å²) in [6.07, 6.45) is 3.24. The average molecular weight is 371 g/mol. The molecule has 7 N–H and O–H groups in total. The van der Waals surface area contributed by atoms with Crippen LogP contribution in [0.4, 0.5) is 11.8 Å². The number of H-pyrrole nitrogens is 1. The fraction of sp³-hybridized carbons (Fsp3) is 0.412. The second-order valence-corrected chi connectivity index (χ2v) is 6.58. The zero-order valence-corrected chi connectivity index (χ0v) is 15.5. The third kappa shape index (κ3) is 4.53. The molecule has 3 rings (SSSR count). The van der Waals surface area contributed by atoms with Gasteiger partial charge in [-0.15, -0.1) is 0 Å². The number of aliphatic imine (C=N–C) groups is 1. The van der Waals surface area contributed by atoms with Gasteiger partial charge in [-0.1, -0.05) is 0 Å². The third-order valence-corrected chi connectivity index (χ3v) is 4.03. The summed E-state index contributed by atoms with van der Waals surface area (Å²) in [6, 6.07) is 1.86. The molecule has 0 saturated carbocycles. The molecule has 0 aromatic carbocycles. The lowest BCUT2D eigenvalue weighted by atomic mass is 10.2. The van der Waals surface area contributed by atoms with Crippen molar-refractivity contribution in [2.45, 2.75) is 19.9 Å². The monoisotopic (exact) mass is 371 g/mol. The molecule has 0 atom stereocenters. The van der Waals surface area contributed by atoms with Gasteiger partial charge >= 0.3 is 0 Å². The Balaban J connectivity index is 1.87. The second-order valence-electron chi connectivity index (χ2n) is 6.58. The van der Waals surface area contributed by atoms with Crippen LogP contribution in [0.15, 0.2) is 29.0 Å². The molecule has 1 fully saturated rings. The molecular formula is C17H25N9O. The van der Waals surface area contributed by atoms with Crippen molar-refractivity contribution >= 4 is 34.5 Å². The smallest absolute Gasteiger partial charge is 0.270 e. The van der Waals surface area contributed by atoms with Crippen LogP contribution in [-0.2, 0) is 4.79 Å². The minimum absolute atomic E-state index is 0.0677. The number of rotatable bonds is 5. The number of aromatic amines is 1. The van der Waals surface area contributed by atoms with Crippen molar-refractivity contribution in [2.75, 3.05) is 31.9 Å². The van der Waals surface area contributed by atoms with Gasteiger partial charge in [-0.2, -0.15) is 15.0 Å². The number of nitrogen functional groups attached to an aromatic ring is 1. The van der Waals surface area contributed by atoms with Gasteiger partial charge < -0.3 is 32.0 Å². The Labute approximate surface area is 157 Å². The molecule has 0 spiro atoms. The zero-order chi connectivity index (χ0) is 19.4. The first-order chi connectivity index (χ1) is 12.9. The van der Waals surface area contributed by atoms with Gasteiger partial charge in [0.1, 0.15) is 23.0 Å². The van der Waals surface area contributed by atoms with E-state index in [0.29, 0.717) is 30.3 Å². The van der Waals surface area contributed by atoms with E-state index in [1.165, 1.54) is 6.08 Å². The number of carbonyl (C=O) groups is 1. The number of hydrogen-bond acceptors (Lipinski definition) is 7. The summed E-state index contributed by atoms with van der Waals surface area (Å²) >= 11 is 0. The predicted molar refractivity (Wildman–Crippen MR) is 105 cm³/mol. The first-order valence-corrected chi connectivity index (χ1v) is 8.87. The van der Waals surface area contributed by atoms with Crippen molar-refractivity contribution in [3.8, 4) is 0 Å². The maximum Gasteiger partial charge on any atom is 0.270 e. The van der Waals surface area contributed by atoms with Gasteiger partial charge in [0.2, 0.25) is 0 Å². The lowest BCUT2D eigenvalue weighted by Gasteiger charge is -2.29. The number of amides is 1. The molecule has 10 nitrogen and oxygen atoms in total. The normalized spacial score (nSPS) is 16.2. The van der Waals surface area contributed by atoms with Crippen LogP contribution in [0.25, 0.3) is 11.0 Å². The number of amidine groups is 1. The van der Waals surface area contributed by atoms with E-state index in [9.17, 15) is 4.79 Å². The summed E-state index contributed by atoms with van der Waals surface area (Å²) < 4.78 is 0. The van der Waals surface area contributed by atoms with Crippen molar-refractivity contribution in [3.05, 3.63) is 24.0 Å². The van der Waals surface area contributed by atoms with Gasteiger partial charge in [0, 0.05) is 44.5 Å². The fourth-order valence-electron chi connectivity index (χ4n) is 2.81. The lowest BCUT2D eigenvalue weighted by Crippen LogP contribution is -2.49. The standard InChI is InChI=1S/C17H25N9O/c1-10(2)22-12(16(27)26-7-5-20-6-8-26)9-13(18)23-17-24-14(19)11-3-4-21-15(11)25-17/h3-4,9-10,20,22H,5-8H2,1-2H3,(H5,18,19,21,23,24,25)/b12-9-. The number of hydrogen-bond donors (Lipinski definition) is 5. The molecule has 1 amide bonds. The van der Waals surface area contributed by atoms with Crippen LogP contribution in [0.3, 0.4) is 0 Å². The Morgan fingerprint density at radius 3 is 2.81 bits per heavy atom. The number of fused-ring (bicyclic) bond motifs is 1. The average Bonchev–Trinajstić information content (AvgIpc) is 3.10. The van der Waals surface area contributed by atoms with Gasteiger partial charge in [-0.3, -0.25) is 4.79 Å². The van der Waals surface area contributed by atoms with Gasteiger partial charge in [-0.05, 0) is 19.9 Å². The van der Waals surface area contributed by atoms with Crippen LogP contribution in [0.2, 0.25) is 0 Å². The highest BCUT2D eigenvalue weighted by Crippen LogP contribution is 2.19. The minimum Gasteiger partial charge on any atom is -0.384 e. The van der Waals surface area contributed by atoms with Crippen LogP contribution in [0.1, 0.15) is 13.8 Å². The molecule has 27 heavy (non-hydrogen) atoms. The Kier molecular flexibility index (Phi) is 5.55. The molecule has 3 heterocycles. The Morgan fingerprint density at radius 1 is 1.37 bits per heavy atom. The highest BCUT2D eigenvalue weighted by Gasteiger charge is 2.21. The Hall–Kier alpha value is -3.14. The van der Waals surface area contributed by atoms with E-state index in [4.69, 9.17) is 11.5 Å². The Morgan fingerprint density at radius 2 is 2.11 bits per heavy atom. The first-order valence-electron chi connectivity index (χ1n) is 8.87. The molecule has 144 valence electrons. The SMILES string of the molecule is CC(C)N/C(=C\C(N)=N\c1nc(N)c2cc[nH]c2n1)C(=O)N1CCNCC1. The van der Waals surface area contributed by atoms with Crippen LogP contribution in [-0.4, -0.2) is 63.8 Å². The molecule has 1 aliphatic rings. The van der Waals surface area contributed by atoms with Gasteiger partial charge in [-0.25, -0.2) is 0 Å². The van der Waals surface area contributed by atoms with Gasteiger partial charge in [0.15, 0.2) is 0 Å². The number of aromatic nitrogens is 3. The zero-order valence-electron chi connectivity index (χ0n) is 15.5. The molecule has 1 aliphatic heterocycles. The van der Waals surface area contributed by atoms with E-state index in [2.05, 4.69) is 30.6 Å². The summed E-state index contributed by atoms with van der Waals surface area (Å²) in [5, 5.41) is 7.10. The number of anilines is 1. The maximum absolute atomic E-state index is 12.8. The van der Waals surface area contributed by atoms with Crippen molar-refractivity contribution in [1.82, 2.24) is 30.5 Å². The molecule has 10 heteroatoms. The summed E-state index contributed by atoms with van der Waals surface area (Å²) in [5.74, 6) is 0.458. The summed E-state index contributed by atoms with van der Waals surface area (Å²) in [6.45, 7) is 6.75. The lowest BCUT2D eigenvalue weighted by molar-refractivity contribution is -0.128. The predicted octanol–water partition coefficient (Wildman–Crippen LogP) is -0.157.